The van der Waals surface area contributed by atoms with Crippen molar-refractivity contribution >= 4 is 16.9 Å². The van der Waals surface area contributed by atoms with Gasteiger partial charge in [0, 0.05) is 0 Å². The van der Waals surface area contributed by atoms with E-state index in [-0.39, 0.29) is 5.41 Å². The predicted octanol–water partition coefficient (Wildman–Crippen LogP) is 4.07. The average Bonchev–Trinajstić information content (AvgIpc) is 2.59. The fraction of sp³-hybridized carbons (Fsp3) is 0.100. The molecule has 0 bridgehead atoms. The number of rotatable bonds is 4. The first-order valence-corrected chi connectivity index (χ1v) is 8.96. The van der Waals surface area contributed by atoms with Gasteiger partial charge >= 0.3 is 135 Å². The Morgan fingerprint density at radius 3 is 1.05 bits per heavy atom. The first kappa shape index (κ1) is 14.2. The van der Waals surface area contributed by atoms with Crippen LogP contribution < -0.4 is 0 Å². The molecular formula is C20H19As. The van der Waals surface area contributed by atoms with Gasteiger partial charge in [-0.25, -0.2) is 0 Å². The molecule has 0 saturated carbocycles. The Labute approximate surface area is 135 Å². The van der Waals surface area contributed by atoms with E-state index in [0.29, 0.717) is 0 Å². The molecule has 0 aliphatic carbocycles. The van der Waals surface area contributed by atoms with Crippen LogP contribution in [0.15, 0.2) is 91.0 Å². The van der Waals surface area contributed by atoms with Crippen LogP contribution in [0.25, 0.3) is 0 Å². The van der Waals surface area contributed by atoms with Crippen molar-refractivity contribution in [3.63, 3.8) is 0 Å². The quantitative estimate of drug-likeness (QED) is 0.498. The average molecular weight is 334 g/mol. The molecule has 1 atom stereocenters. The molecule has 0 aliphatic heterocycles. The van der Waals surface area contributed by atoms with Gasteiger partial charge in [-0.3, -0.25) is 0 Å². The van der Waals surface area contributed by atoms with E-state index in [2.05, 4.69) is 91.0 Å². The van der Waals surface area contributed by atoms with E-state index in [1.807, 2.05) is 0 Å². The van der Waals surface area contributed by atoms with E-state index < -0.39 is 0 Å². The second-order valence-corrected chi connectivity index (χ2v) is 6.06. The monoisotopic (exact) mass is 334 g/mol. The fourth-order valence-electron chi connectivity index (χ4n) is 3.02. The van der Waals surface area contributed by atoms with Crippen molar-refractivity contribution < 1.29 is 0 Å². The van der Waals surface area contributed by atoms with Crippen molar-refractivity contribution in [3.05, 3.63) is 108 Å². The SMILES string of the molecule is [AsH2]CC(c1ccccc1)(c1ccccc1)c1ccccc1. The standard InChI is InChI=1S/C20H19As/c21-16-20(17-10-4-1-5-11-17,18-12-6-2-7-13-18)19-14-8-3-9-15-19/h1-15H,16,21H2. The molecule has 3 aromatic carbocycles. The van der Waals surface area contributed by atoms with Crippen molar-refractivity contribution in [1.82, 2.24) is 0 Å². The van der Waals surface area contributed by atoms with Gasteiger partial charge in [-0.15, -0.1) is 0 Å². The van der Waals surface area contributed by atoms with Gasteiger partial charge < -0.3 is 0 Å². The molecule has 0 aliphatic rings. The molecular weight excluding hydrogens is 315 g/mol. The van der Waals surface area contributed by atoms with Crippen molar-refractivity contribution in [1.29, 1.82) is 0 Å². The Kier molecular flexibility index (Phi) is 4.27. The van der Waals surface area contributed by atoms with Crippen molar-refractivity contribution in [2.24, 2.45) is 0 Å². The summed E-state index contributed by atoms with van der Waals surface area (Å²) in [5.74, 6) is 0. The summed E-state index contributed by atoms with van der Waals surface area (Å²) in [5.41, 5.74) is 4.05. The summed E-state index contributed by atoms with van der Waals surface area (Å²) in [6.07, 6.45) is 0. The van der Waals surface area contributed by atoms with Gasteiger partial charge in [0.25, 0.3) is 0 Å². The molecule has 0 spiro atoms. The summed E-state index contributed by atoms with van der Waals surface area (Å²) in [4.78, 5) is 0. The molecule has 0 saturated heterocycles. The van der Waals surface area contributed by atoms with Gasteiger partial charge in [-0.2, -0.15) is 0 Å². The van der Waals surface area contributed by atoms with Gasteiger partial charge in [0.2, 0.25) is 0 Å². The van der Waals surface area contributed by atoms with Crippen molar-refractivity contribution in [2.75, 3.05) is 0 Å². The molecule has 21 heavy (non-hydrogen) atoms. The summed E-state index contributed by atoms with van der Waals surface area (Å²) in [5, 5.41) is 1.10. The molecule has 3 aromatic rings. The first-order chi connectivity index (χ1) is 10.4. The Morgan fingerprint density at radius 1 is 0.524 bits per heavy atom. The molecule has 0 N–H and O–H groups in total. The van der Waals surface area contributed by atoms with Crippen LogP contribution >= 0.6 is 0 Å². The molecule has 0 fully saturated rings. The van der Waals surface area contributed by atoms with Crippen LogP contribution in [0.2, 0.25) is 5.21 Å². The van der Waals surface area contributed by atoms with Crippen LogP contribution in [0.5, 0.6) is 0 Å². The van der Waals surface area contributed by atoms with Crippen LogP contribution in [-0.4, -0.2) is 16.9 Å². The maximum absolute atomic E-state index is 2.25. The van der Waals surface area contributed by atoms with E-state index in [0.717, 1.165) is 5.21 Å². The summed E-state index contributed by atoms with van der Waals surface area (Å²) in [6, 6.07) is 32.6. The van der Waals surface area contributed by atoms with Crippen LogP contribution in [-0.2, 0) is 5.41 Å². The minimum absolute atomic E-state index is 0.0518. The molecule has 0 amide bonds. The summed E-state index contributed by atoms with van der Waals surface area (Å²) < 4.78 is 0. The molecule has 3 rings (SSSR count). The van der Waals surface area contributed by atoms with Crippen LogP contribution in [0.1, 0.15) is 16.7 Å². The van der Waals surface area contributed by atoms with E-state index in [9.17, 15) is 0 Å². The molecule has 0 nitrogen and oxygen atoms in total. The zero-order valence-electron chi connectivity index (χ0n) is 11.9. The molecule has 1 heteroatoms. The van der Waals surface area contributed by atoms with Gasteiger partial charge in [0.15, 0.2) is 0 Å². The van der Waals surface area contributed by atoms with E-state index in [1.165, 1.54) is 16.7 Å². The Hall–Kier alpha value is -1.78. The van der Waals surface area contributed by atoms with Gasteiger partial charge in [0.1, 0.15) is 0 Å². The molecule has 104 valence electrons. The van der Waals surface area contributed by atoms with Crippen molar-refractivity contribution in [3.8, 4) is 0 Å². The molecule has 0 heterocycles. The van der Waals surface area contributed by atoms with E-state index in [4.69, 9.17) is 0 Å². The van der Waals surface area contributed by atoms with Gasteiger partial charge in [-0.1, -0.05) is 0 Å². The molecule has 0 aromatic heterocycles. The number of benzene rings is 3. The Balaban J connectivity index is 2.29. The summed E-state index contributed by atoms with van der Waals surface area (Å²) in [7, 11) is 0. The van der Waals surface area contributed by atoms with Gasteiger partial charge in [-0.05, 0) is 0 Å². The van der Waals surface area contributed by atoms with Crippen LogP contribution in [0.3, 0.4) is 0 Å². The second-order valence-electron chi connectivity index (χ2n) is 5.21. The summed E-state index contributed by atoms with van der Waals surface area (Å²) in [6.45, 7) is 0. The van der Waals surface area contributed by atoms with E-state index >= 15 is 0 Å². The topological polar surface area (TPSA) is 0 Å². The third kappa shape index (κ3) is 2.57. The molecule has 0 radical (unpaired) electrons. The van der Waals surface area contributed by atoms with Crippen LogP contribution in [0, 0.1) is 0 Å². The zero-order chi connectivity index (χ0) is 14.5. The maximum atomic E-state index is 2.25. The minimum atomic E-state index is -0.0518. The van der Waals surface area contributed by atoms with Crippen LogP contribution in [0.4, 0.5) is 0 Å². The summed E-state index contributed by atoms with van der Waals surface area (Å²) >= 11 is 1.77. The number of hydrogen-bond acceptors (Lipinski definition) is 0. The third-order valence-corrected chi connectivity index (χ3v) is 5.39. The zero-order valence-corrected chi connectivity index (χ0v) is 14.4. The number of hydrogen-bond donors (Lipinski definition) is 0. The Bertz CT molecular complexity index is 578. The second kappa shape index (κ2) is 6.33. The normalized spacial score (nSPS) is 11.3. The van der Waals surface area contributed by atoms with Crippen molar-refractivity contribution in [2.45, 2.75) is 10.6 Å². The molecule has 1 unspecified atom stereocenters. The third-order valence-electron chi connectivity index (χ3n) is 4.11. The fourth-order valence-corrected chi connectivity index (χ4v) is 4.51. The van der Waals surface area contributed by atoms with E-state index in [1.54, 1.807) is 16.9 Å². The first-order valence-electron chi connectivity index (χ1n) is 7.24. The Morgan fingerprint density at radius 2 is 0.810 bits per heavy atom. The predicted molar refractivity (Wildman–Crippen MR) is 92.6 cm³/mol. The van der Waals surface area contributed by atoms with Gasteiger partial charge in [0.05, 0.1) is 0 Å².